The van der Waals surface area contributed by atoms with Gasteiger partial charge in [0.05, 0.1) is 11.4 Å². The molecule has 1 N–H and O–H groups in total. The van der Waals surface area contributed by atoms with Gasteiger partial charge in [-0.2, -0.15) is 4.89 Å². The van der Waals surface area contributed by atoms with Gasteiger partial charge in [-0.3, -0.25) is 14.2 Å². The molecular formula is C20H16ClNO5. The smallest absolute Gasteiger partial charge is 0.310 e. The fourth-order valence-corrected chi connectivity index (χ4v) is 3.63. The van der Waals surface area contributed by atoms with Crippen LogP contribution in [0.1, 0.15) is 40.0 Å². The summed E-state index contributed by atoms with van der Waals surface area (Å²) in [7, 11) is 0. The summed E-state index contributed by atoms with van der Waals surface area (Å²) in [5, 5.41) is 10.7. The van der Waals surface area contributed by atoms with Crippen LogP contribution in [-0.2, 0) is 16.3 Å². The molecule has 0 amide bonds. The molecular weight excluding hydrogens is 370 g/mol. The van der Waals surface area contributed by atoms with E-state index < -0.39 is 11.9 Å². The molecule has 7 heteroatoms. The summed E-state index contributed by atoms with van der Waals surface area (Å²) in [6.07, 6.45) is 0. The van der Waals surface area contributed by atoms with Gasteiger partial charge < -0.3 is 9.99 Å². The van der Waals surface area contributed by atoms with E-state index >= 15 is 0 Å². The number of aromatic nitrogens is 1. The van der Waals surface area contributed by atoms with Crippen LogP contribution in [0, 0.1) is 6.92 Å². The van der Waals surface area contributed by atoms with Gasteiger partial charge in [-0.15, -0.1) is 0 Å². The van der Waals surface area contributed by atoms with Gasteiger partial charge in [0, 0.05) is 27.2 Å². The Morgan fingerprint density at radius 3 is 2.59 bits per heavy atom. The van der Waals surface area contributed by atoms with Gasteiger partial charge in [-0.05, 0) is 55.8 Å². The number of hydrogen-bond donors (Lipinski definition) is 1. The third kappa shape index (κ3) is 2.78. The Balaban J connectivity index is 1.99. The lowest BCUT2D eigenvalue weighted by molar-refractivity contribution is -0.194. The standard InChI is InChI=1S/C20H16ClNO5/c1-10(20(24)25)18-11(2)22(19(23)12-3-5-14(21)6-4-12)16-7-13-9-26-27-17(13)8-15(16)18/h3-8,10H,9H2,1-2H3,(H,24,25). The minimum Gasteiger partial charge on any atom is -0.481 e. The van der Waals surface area contributed by atoms with Crippen molar-refractivity contribution in [2.24, 2.45) is 0 Å². The maximum atomic E-state index is 13.2. The molecule has 3 aromatic rings. The van der Waals surface area contributed by atoms with E-state index in [-0.39, 0.29) is 12.5 Å². The second-order valence-electron chi connectivity index (χ2n) is 6.53. The summed E-state index contributed by atoms with van der Waals surface area (Å²) in [6.45, 7) is 3.63. The summed E-state index contributed by atoms with van der Waals surface area (Å²) in [4.78, 5) is 35.0. The molecule has 1 aliphatic heterocycles. The van der Waals surface area contributed by atoms with Crippen LogP contribution in [0.5, 0.6) is 5.75 Å². The van der Waals surface area contributed by atoms with Crippen LogP contribution >= 0.6 is 11.6 Å². The van der Waals surface area contributed by atoms with Crippen molar-refractivity contribution in [2.45, 2.75) is 26.4 Å². The molecule has 0 saturated carbocycles. The lowest BCUT2D eigenvalue weighted by atomic mass is 9.97. The normalized spacial score (nSPS) is 14.0. The van der Waals surface area contributed by atoms with Gasteiger partial charge in [0.2, 0.25) is 0 Å². The summed E-state index contributed by atoms with van der Waals surface area (Å²) in [5.74, 6) is -1.46. The second-order valence-corrected chi connectivity index (χ2v) is 6.97. The van der Waals surface area contributed by atoms with Crippen molar-refractivity contribution in [3.8, 4) is 5.75 Å². The molecule has 138 valence electrons. The SMILES string of the molecule is Cc1c(C(C)C(=O)O)c2cc3c(cc2n1C(=O)c1ccc(Cl)cc1)COO3. The predicted molar refractivity (Wildman–Crippen MR) is 99.3 cm³/mol. The summed E-state index contributed by atoms with van der Waals surface area (Å²) < 4.78 is 1.55. The van der Waals surface area contributed by atoms with Crippen molar-refractivity contribution in [3.63, 3.8) is 0 Å². The number of fused-ring (bicyclic) bond motifs is 2. The predicted octanol–water partition coefficient (Wildman–Crippen LogP) is 4.30. The van der Waals surface area contributed by atoms with Crippen molar-refractivity contribution in [2.75, 3.05) is 0 Å². The van der Waals surface area contributed by atoms with E-state index in [2.05, 4.69) is 0 Å². The van der Waals surface area contributed by atoms with Crippen molar-refractivity contribution in [1.82, 2.24) is 4.57 Å². The van der Waals surface area contributed by atoms with E-state index in [1.165, 1.54) is 0 Å². The second kappa shape index (κ2) is 6.40. The fourth-order valence-electron chi connectivity index (χ4n) is 3.51. The lowest BCUT2D eigenvalue weighted by Gasteiger charge is -2.09. The molecule has 0 radical (unpaired) electrons. The number of hydrogen-bond acceptors (Lipinski definition) is 4. The molecule has 1 unspecified atom stereocenters. The van der Waals surface area contributed by atoms with Crippen LogP contribution in [-0.4, -0.2) is 21.6 Å². The van der Waals surface area contributed by atoms with Gasteiger partial charge in [-0.25, -0.2) is 0 Å². The quantitative estimate of drug-likeness (QED) is 0.680. The van der Waals surface area contributed by atoms with E-state index in [0.29, 0.717) is 38.5 Å². The number of aliphatic carboxylic acids is 1. The lowest BCUT2D eigenvalue weighted by Crippen LogP contribution is -2.15. The Kier molecular flexibility index (Phi) is 4.17. The van der Waals surface area contributed by atoms with Crippen LogP contribution in [0.2, 0.25) is 5.02 Å². The van der Waals surface area contributed by atoms with Crippen LogP contribution in [0.15, 0.2) is 36.4 Å². The van der Waals surface area contributed by atoms with E-state index in [0.717, 1.165) is 5.56 Å². The van der Waals surface area contributed by atoms with Gasteiger partial charge in [-0.1, -0.05) is 11.6 Å². The minimum atomic E-state index is -0.964. The first kappa shape index (κ1) is 17.6. The third-order valence-electron chi connectivity index (χ3n) is 4.90. The molecule has 0 aliphatic carbocycles. The van der Waals surface area contributed by atoms with Crippen LogP contribution in [0.3, 0.4) is 0 Å². The first-order chi connectivity index (χ1) is 12.9. The first-order valence-electron chi connectivity index (χ1n) is 8.39. The zero-order chi connectivity index (χ0) is 19.3. The average molecular weight is 386 g/mol. The largest absolute Gasteiger partial charge is 0.481 e. The summed E-state index contributed by atoms with van der Waals surface area (Å²) in [5.41, 5.74) is 3.06. The molecule has 1 aromatic heterocycles. The van der Waals surface area contributed by atoms with Crippen molar-refractivity contribution in [3.05, 3.63) is 63.8 Å². The number of carboxylic acid groups (broad SMARTS) is 1. The number of carbonyl (C=O) groups excluding carboxylic acids is 1. The van der Waals surface area contributed by atoms with Gasteiger partial charge in [0.15, 0.2) is 5.75 Å². The number of benzene rings is 2. The summed E-state index contributed by atoms with van der Waals surface area (Å²) in [6, 6.07) is 10.2. The molecule has 0 fully saturated rings. The third-order valence-corrected chi connectivity index (χ3v) is 5.15. The van der Waals surface area contributed by atoms with Gasteiger partial charge in [0.1, 0.15) is 6.61 Å². The monoisotopic (exact) mass is 385 g/mol. The molecule has 2 heterocycles. The average Bonchev–Trinajstić information content (AvgIpc) is 3.20. The maximum absolute atomic E-state index is 13.2. The van der Waals surface area contributed by atoms with E-state index in [1.807, 2.05) is 6.07 Å². The first-order valence-corrected chi connectivity index (χ1v) is 8.76. The highest BCUT2D eigenvalue weighted by molar-refractivity contribution is 6.30. The van der Waals surface area contributed by atoms with E-state index in [1.54, 1.807) is 48.7 Å². The molecule has 2 aromatic carbocycles. The zero-order valence-electron chi connectivity index (χ0n) is 14.7. The Morgan fingerprint density at radius 2 is 1.93 bits per heavy atom. The minimum absolute atomic E-state index is 0.252. The highest BCUT2D eigenvalue weighted by Gasteiger charge is 2.28. The van der Waals surface area contributed by atoms with Crippen molar-refractivity contribution < 1.29 is 24.5 Å². The van der Waals surface area contributed by atoms with Crippen LogP contribution in [0.4, 0.5) is 0 Å². The number of carboxylic acids is 1. The molecule has 4 rings (SSSR count). The Labute approximate surface area is 159 Å². The number of carbonyl (C=O) groups is 2. The van der Waals surface area contributed by atoms with Crippen LogP contribution < -0.4 is 4.89 Å². The number of rotatable bonds is 3. The zero-order valence-corrected chi connectivity index (χ0v) is 15.4. The Hall–Kier alpha value is -2.83. The number of nitrogens with zero attached hydrogens (tertiary/aromatic N) is 1. The van der Waals surface area contributed by atoms with Gasteiger partial charge >= 0.3 is 5.97 Å². The molecule has 6 nitrogen and oxygen atoms in total. The number of halogens is 1. The van der Waals surface area contributed by atoms with Crippen molar-refractivity contribution >= 4 is 34.4 Å². The summed E-state index contributed by atoms with van der Waals surface area (Å²) >= 11 is 5.92. The molecule has 0 saturated heterocycles. The molecule has 1 aliphatic rings. The maximum Gasteiger partial charge on any atom is 0.310 e. The molecule has 1 atom stereocenters. The highest BCUT2D eigenvalue weighted by Crippen LogP contribution is 2.38. The Morgan fingerprint density at radius 1 is 1.22 bits per heavy atom. The topological polar surface area (TPSA) is 77.8 Å². The van der Waals surface area contributed by atoms with Crippen molar-refractivity contribution in [1.29, 1.82) is 0 Å². The molecule has 0 bridgehead atoms. The van der Waals surface area contributed by atoms with E-state index in [9.17, 15) is 14.7 Å². The highest BCUT2D eigenvalue weighted by atomic mass is 35.5. The fraction of sp³-hybridized carbons (Fsp3) is 0.200. The van der Waals surface area contributed by atoms with E-state index in [4.69, 9.17) is 21.4 Å². The molecule has 27 heavy (non-hydrogen) atoms. The Bertz CT molecular complexity index is 1080. The van der Waals surface area contributed by atoms with Gasteiger partial charge in [0.25, 0.3) is 5.91 Å². The van der Waals surface area contributed by atoms with Crippen LogP contribution in [0.25, 0.3) is 10.9 Å². The molecule has 0 spiro atoms.